The summed E-state index contributed by atoms with van der Waals surface area (Å²) in [5.41, 5.74) is -0.0784. The third-order valence-electron chi connectivity index (χ3n) is 3.70. The van der Waals surface area contributed by atoms with Gasteiger partial charge in [-0.2, -0.15) is 0 Å². The Balaban J connectivity index is 2.22. The van der Waals surface area contributed by atoms with Gasteiger partial charge in [0.1, 0.15) is 5.82 Å². The molecular weight excluding hydrogens is 245 g/mol. The lowest BCUT2D eigenvalue weighted by Crippen LogP contribution is -2.34. The van der Waals surface area contributed by atoms with Crippen molar-refractivity contribution in [1.29, 1.82) is 0 Å². The Kier molecular flexibility index (Phi) is 3.43. The molecule has 0 bridgehead atoms. The maximum Gasteiger partial charge on any atom is 0.263 e. The monoisotopic (exact) mass is 263 g/mol. The number of likely N-dealkylation sites (tertiary alicyclic amines) is 1. The molecule has 1 aromatic carbocycles. The number of nitrogens with zero attached hydrogens (tertiary/aromatic N) is 1. The Morgan fingerprint density at radius 3 is 2.47 bits per heavy atom. The van der Waals surface area contributed by atoms with Crippen LogP contribution in [0.15, 0.2) is 24.3 Å². The molecule has 1 unspecified atom stereocenters. The Morgan fingerprint density at radius 1 is 1.32 bits per heavy atom. The molecule has 1 aliphatic rings. The summed E-state index contributed by atoms with van der Waals surface area (Å²) in [7, 11) is 0. The molecule has 3 nitrogen and oxygen atoms in total. The van der Waals surface area contributed by atoms with Gasteiger partial charge in [-0.1, -0.05) is 32.9 Å². The number of carbonyl (C=O) groups excluding carboxylic acids is 2. The molecule has 1 aliphatic heterocycles. The van der Waals surface area contributed by atoms with Crippen molar-refractivity contribution in [2.24, 2.45) is 11.3 Å². The summed E-state index contributed by atoms with van der Waals surface area (Å²) >= 11 is 0. The fourth-order valence-corrected chi connectivity index (χ4v) is 2.26. The van der Waals surface area contributed by atoms with Gasteiger partial charge in [-0.05, 0) is 23.5 Å². The van der Waals surface area contributed by atoms with Crippen LogP contribution in [0.3, 0.4) is 0 Å². The van der Waals surface area contributed by atoms with E-state index in [1.807, 2.05) is 20.8 Å². The van der Waals surface area contributed by atoms with E-state index >= 15 is 0 Å². The van der Waals surface area contributed by atoms with Gasteiger partial charge in [-0.15, -0.1) is 0 Å². The largest absolute Gasteiger partial charge is 0.278 e. The number of benzene rings is 1. The Hall–Kier alpha value is -1.71. The molecule has 0 aliphatic carbocycles. The summed E-state index contributed by atoms with van der Waals surface area (Å²) in [6.07, 6.45) is 0.351. The predicted octanol–water partition coefficient (Wildman–Crippen LogP) is 2.86. The summed E-state index contributed by atoms with van der Waals surface area (Å²) < 4.78 is 13.6. The second-order valence-electron chi connectivity index (χ2n) is 6.06. The van der Waals surface area contributed by atoms with Gasteiger partial charge in [0, 0.05) is 13.0 Å². The second kappa shape index (κ2) is 4.76. The molecule has 0 spiro atoms. The van der Waals surface area contributed by atoms with Crippen molar-refractivity contribution in [2.75, 3.05) is 6.54 Å². The van der Waals surface area contributed by atoms with E-state index < -0.39 is 11.7 Å². The lowest BCUT2D eigenvalue weighted by Gasteiger charge is -2.26. The number of hydrogen-bond donors (Lipinski definition) is 0. The van der Waals surface area contributed by atoms with E-state index in [2.05, 4.69) is 0 Å². The first-order valence-electron chi connectivity index (χ1n) is 6.40. The highest BCUT2D eigenvalue weighted by Crippen LogP contribution is 2.34. The Morgan fingerprint density at radius 2 is 1.95 bits per heavy atom. The molecule has 1 aromatic rings. The van der Waals surface area contributed by atoms with Crippen LogP contribution in [0.4, 0.5) is 4.39 Å². The first-order valence-corrected chi connectivity index (χ1v) is 6.40. The highest BCUT2D eigenvalue weighted by molar-refractivity contribution is 6.05. The number of halogens is 1. The maximum atomic E-state index is 13.6. The van der Waals surface area contributed by atoms with Crippen LogP contribution >= 0.6 is 0 Å². The lowest BCUT2D eigenvalue weighted by atomic mass is 9.80. The Labute approximate surface area is 112 Å². The van der Waals surface area contributed by atoms with Crippen LogP contribution in [0, 0.1) is 17.2 Å². The number of imide groups is 1. The molecule has 0 radical (unpaired) electrons. The van der Waals surface area contributed by atoms with Crippen LogP contribution in [-0.4, -0.2) is 23.3 Å². The summed E-state index contributed by atoms with van der Waals surface area (Å²) in [6.45, 7) is 6.50. The topological polar surface area (TPSA) is 37.4 Å². The molecule has 4 heteroatoms. The zero-order valence-electron chi connectivity index (χ0n) is 11.4. The molecule has 1 saturated heterocycles. The molecule has 2 rings (SSSR count). The molecule has 1 fully saturated rings. The van der Waals surface area contributed by atoms with E-state index in [1.165, 1.54) is 23.1 Å². The van der Waals surface area contributed by atoms with Crippen molar-refractivity contribution in [3.05, 3.63) is 35.6 Å². The highest BCUT2D eigenvalue weighted by atomic mass is 19.1. The van der Waals surface area contributed by atoms with E-state index in [9.17, 15) is 14.0 Å². The second-order valence-corrected chi connectivity index (χ2v) is 6.06. The average molecular weight is 263 g/mol. The van der Waals surface area contributed by atoms with E-state index in [4.69, 9.17) is 0 Å². The van der Waals surface area contributed by atoms with Gasteiger partial charge in [0.05, 0.1) is 5.56 Å². The number of amides is 2. The predicted molar refractivity (Wildman–Crippen MR) is 70.0 cm³/mol. The maximum absolute atomic E-state index is 13.6. The van der Waals surface area contributed by atoms with Crippen LogP contribution in [0.25, 0.3) is 0 Å². The molecule has 0 saturated carbocycles. The molecule has 102 valence electrons. The summed E-state index contributed by atoms with van der Waals surface area (Å²) in [5, 5.41) is 0. The van der Waals surface area contributed by atoms with E-state index in [-0.39, 0.29) is 22.8 Å². The standard InChI is InChI=1S/C15H18FNO2/c1-15(2,3)10-8-13(18)17(9-10)14(19)11-6-4-5-7-12(11)16/h4-7,10H,8-9H2,1-3H3. The number of carbonyl (C=O) groups is 2. The minimum atomic E-state index is -0.584. The van der Waals surface area contributed by atoms with E-state index in [1.54, 1.807) is 6.07 Å². The molecular formula is C15H18FNO2. The highest BCUT2D eigenvalue weighted by Gasteiger charge is 2.40. The SMILES string of the molecule is CC(C)(C)C1CC(=O)N(C(=O)c2ccccc2F)C1. The van der Waals surface area contributed by atoms with Crippen LogP contribution in [0.5, 0.6) is 0 Å². The van der Waals surface area contributed by atoms with Gasteiger partial charge in [0.25, 0.3) is 5.91 Å². The number of hydrogen-bond acceptors (Lipinski definition) is 2. The zero-order valence-corrected chi connectivity index (χ0v) is 11.4. The smallest absolute Gasteiger partial charge is 0.263 e. The molecule has 0 N–H and O–H groups in total. The summed E-state index contributed by atoms with van der Waals surface area (Å²) in [6, 6.07) is 5.76. The first kappa shape index (κ1) is 13.7. The minimum Gasteiger partial charge on any atom is -0.278 e. The summed E-state index contributed by atoms with van der Waals surface area (Å²) in [5.74, 6) is -1.21. The van der Waals surface area contributed by atoms with Crippen LogP contribution < -0.4 is 0 Å². The van der Waals surface area contributed by atoms with E-state index in [0.717, 1.165) is 0 Å². The van der Waals surface area contributed by atoms with Gasteiger partial charge < -0.3 is 0 Å². The zero-order chi connectivity index (χ0) is 14.2. The van der Waals surface area contributed by atoms with Crippen LogP contribution in [-0.2, 0) is 4.79 Å². The van der Waals surface area contributed by atoms with Crippen molar-refractivity contribution in [3.63, 3.8) is 0 Å². The van der Waals surface area contributed by atoms with Gasteiger partial charge in [0.2, 0.25) is 5.91 Å². The number of rotatable bonds is 1. The molecule has 1 atom stereocenters. The fourth-order valence-electron chi connectivity index (χ4n) is 2.26. The van der Waals surface area contributed by atoms with Crippen molar-refractivity contribution >= 4 is 11.8 Å². The molecule has 19 heavy (non-hydrogen) atoms. The van der Waals surface area contributed by atoms with Crippen LogP contribution in [0.1, 0.15) is 37.6 Å². The van der Waals surface area contributed by atoms with Gasteiger partial charge in [-0.3, -0.25) is 14.5 Å². The van der Waals surface area contributed by atoms with E-state index in [0.29, 0.717) is 13.0 Å². The minimum absolute atomic E-state index is 0.0367. The fraction of sp³-hybridized carbons (Fsp3) is 0.467. The van der Waals surface area contributed by atoms with Gasteiger partial charge >= 0.3 is 0 Å². The van der Waals surface area contributed by atoms with Crippen molar-refractivity contribution in [3.8, 4) is 0 Å². The molecule has 2 amide bonds. The lowest BCUT2D eigenvalue weighted by molar-refractivity contribution is -0.125. The third-order valence-corrected chi connectivity index (χ3v) is 3.70. The molecule has 0 aromatic heterocycles. The summed E-state index contributed by atoms with van der Waals surface area (Å²) in [4.78, 5) is 25.3. The quantitative estimate of drug-likeness (QED) is 0.731. The Bertz CT molecular complexity index is 519. The van der Waals surface area contributed by atoms with Crippen LogP contribution in [0.2, 0.25) is 0 Å². The van der Waals surface area contributed by atoms with Crippen molar-refractivity contribution in [2.45, 2.75) is 27.2 Å². The van der Waals surface area contributed by atoms with Crippen molar-refractivity contribution in [1.82, 2.24) is 4.90 Å². The van der Waals surface area contributed by atoms with Crippen molar-refractivity contribution < 1.29 is 14.0 Å². The van der Waals surface area contributed by atoms with Gasteiger partial charge in [0.15, 0.2) is 0 Å². The van der Waals surface area contributed by atoms with Gasteiger partial charge in [-0.25, -0.2) is 4.39 Å². The molecule has 1 heterocycles. The normalized spacial score (nSPS) is 19.9. The third kappa shape index (κ3) is 2.67. The average Bonchev–Trinajstić information content (AvgIpc) is 2.71. The first-order chi connectivity index (χ1) is 8.80.